The first-order chi connectivity index (χ1) is 10.1. The summed E-state index contributed by atoms with van der Waals surface area (Å²) < 4.78 is 14.0. The van der Waals surface area contributed by atoms with Crippen LogP contribution in [0.15, 0.2) is 18.2 Å². The number of benzene rings is 1. The summed E-state index contributed by atoms with van der Waals surface area (Å²) in [6.45, 7) is 2.18. The maximum atomic E-state index is 14.0. The van der Waals surface area contributed by atoms with Crippen molar-refractivity contribution >= 4 is 0 Å². The minimum Gasteiger partial charge on any atom is -0.383 e. The molecule has 21 heavy (non-hydrogen) atoms. The summed E-state index contributed by atoms with van der Waals surface area (Å²) in [6, 6.07) is 7.32. The van der Waals surface area contributed by atoms with E-state index in [9.17, 15) is 14.8 Å². The highest BCUT2D eigenvalue weighted by molar-refractivity contribution is 5.42. The van der Waals surface area contributed by atoms with Crippen molar-refractivity contribution in [3.63, 3.8) is 0 Å². The molecule has 0 radical (unpaired) electrons. The lowest BCUT2D eigenvalue weighted by molar-refractivity contribution is -0.0832. The Hall–Kier alpha value is -1.40. The van der Waals surface area contributed by atoms with Crippen LogP contribution in [0, 0.1) is 28.5 Å². The van der Waals surface area contributed by atoms with E-state index in [1.807, 2.05) is 0 Å². The molecule has 2 nitrogen and oxygen atoms in total. The van der Waals surface area contributed by atoms with E-state index in [0.717, 1.165) is 19.3 Å². The van der Waals surface area contributed by atoms with Crippen LogP contribution in [0.1, 0.15) is 56.6 Å². The molecule has 1 aromatic carbocycles. The van der Waals surface area contributed by atoms with E-state index in [-0.39, 0.29) is 5.82 Å². The van der Waals surface area contributed by atoms with Gasteiger partial charge in [0.05, 0.1) is 11.5 Å². The van der Waals surface area contributed by atoms with Crippen molar-refractivity contribution in [3.05, 3.63) is 35.1 Å². The first-order valence-electron chi connectivity index (χ1n) is 7.98. The van der Waals surface area contributed by atoms with Crippen molar-refractivity contribution in [3.8, 4) is 6.07 Å². The Balaban J connectivity index is 2.00. The third-order valence-electron chi connectivity index (χ3n) is 5.84. The molecule has 0 amide bonds. The van der Waals surface area contributed by atoms with Gasteiger partial charge in [-0.05, 0) is 61.6 Å². The fraction of sp³-hybridized carbons (Fsp3) is 0.611. The van der Waals surface area contributed by atoms with Crippen molar-refractivity contribution in [2.75, 3.05) is 0 Å². The maximum absolute atomic E-state index is 14.0. The average Bonchev–Trinajstić information content (AvgIpc) is 2.88. The molecule has 2 aliphatic carbocycles. The molecule has 1 atom stereocenters. The molecule has 0 spiro atoms. The maximum Gasteiger partial charge on any atom is 0.126 e. The molecule has 3 rings (SSSR count). The predicted octanol–water partition coefficient (Wildman–Crippen LogP) is 4.07. The van der Waals surface area contributed by atoms with Gasteiger partial charge in [0.15, 0.2) is 0 Å². The summed E-state index contributed by atoms with van der Waals surface area (Å²) in [5.74, 6) is 0.405. The van der Waals surface area contributed by atoms with E-state index < -0.39 is 11.0 Å². The molecule has 0 heterocycles. The summed E-state index contributed by atoms with van der Waals surface area (Å²) in [4.78, 5) is 0. The molecule has 0 bridgehead atoms. The Bertz CT molecular complexity index is 583. The number of aliphatic hydroxyl groups is 1. The molecule has 0 aliphatic heterocycles. The van der Waals surface area contributed by atoms with Crippen LogP contribution in [-0.4, -0.2) is 5.11 Å². The highest BCUT2D eigenvalue weighted by atomic mass is 19.1. The van der Waals surface area contributed by atoms with Gasteiger partial charge < -0.3 is 5.11 Å². The number of hydrogen-bond acceptors (Lipinski definition) is 2. The molecule has 1 unspecified atom stereocenters. The summed E-state index contributed by atoms with van der Waals surface area (Å²) in [6.07, 6.45) is 5.52. The minimum atomic E-state index is -1.18. The van der Waals surface area contributed by atoms with Gasteiger partial charge in [-0.1, -0.05) is 25.5 Å². The Morgan fingerprint density at radius 3 is 2.67 bits per heavy atom. The normalized spacial score (nSPS) is 35.2. The SMILES string of the molecule is CCC1CCC(C#N)(C2(O)CCc3c(F)cccc32)CC1. The number of halogens is 1. The third-order valence-corrected chi connectivity index (χ3v) is 5.84. The standard InChI is InChI=1S/C18H22FNO/c1-2-13-6-9-17(12-20,10-7-13)18(21)11-8-14-15(18)4-3-5-16(14)19/h3-5,13,21H,2,6-11H2,1H3. The molecule has 3 heteroatoms. The van der Waals surface area contributed by atoms with Crippen molar-refractivity contribution in [2.45, 2.75) is 57.5 Å². The Kier molecular flexibility index (Phi) is 3.53. The zero-order valence-corrected chi connectivity index (χ0v) is 12.5. The number of hydrogen-bond donors (Lipinski definition) is 1. The zero-order chi connectivity index (χ0) is 15.1. The molecule has 0 saturated heterocycles. The van der Waals surface area contributed by atoms with Gasteiger partial charge in [-0.3, -0.25) is 0 Å². The molecule has 1 N–H and O–H groups in total. The summed E-state index contributed by atoms with van der Waals surface area (Å²) >= 11 is 0. The van der Waals surface area contributed by atoms with Crippen LogP contribution < -0.4 is 0 Å². The first kappa shape index (κ1) is 14.5. The van der Waals surface area contributed by atoms with Crippen molar-refractivity contribution in [1.82, 2.24) is 0 Å². The summed E-state index contributed by atoms with van der Waals surface area (Å²) in [5.41, 5.74) is -0.679. The predicted molar refractivity (Wildman–Crippen MR) is 78.9 cm³/mol. The molecule has 112 valence electrons. The molecule has 1 saturated carbocycles. The molecule has 0 aromatic heterocycles. The van der Waals surface area contributed by atoms with E-state index in [4.69, 9.17) is 0 Å². The van der Waals surface area contributed by atoms with E-state index in [2.05, 4.69) is 13.0 Å². The van der Waals surface area contributed by atoms with Crippen LogP contribution >= 0.6 is 0 Å². The third kappa shape index (κ3) is 2.00. The van der Waals surface area contributed by atoms with Gasteiger partial charge in [-0.15, -0.1) is 0 Å². The molecule has 1 aromatic rings. The van der Waals surface area contributed by atoms with Gasteiger partial charge in [-0.25, -0.2) is 4.39 Å². The highest BCUT2D eigenvalue weighted by Gasteiger charge is 2.56. The average molecular weight is 287 g/mol. The summed E-state index contributed by atoms with van der Waals surface area (Å²) in [5, 5.41) is 21.1. The second-order valence-corrected chi connectivity index (χ2v) is 6.67. The zero-order valence-electron chi connectivity index (χ0n) is 12.5. The van der Waals surface area contributed by atoms with Crippen LogP contribution in [0.4, 0.5) is 4.39 Å². The van der Waals surface area contributed by atoms with Gasteiger partial charge in [0.1, 0.15) is 11.4 Å². The van der Waals surface area contributed by atoms with Gasteiger partial charge in [0.2, 0.25) is 0 Å². The first-order valence-corrected chi connectivity index (χ1v) is 7.98. The lowest BCUT2D eigenvalue weighted by Gasteiger charge is -2.45. The van der Waals surface area contributed by atoms with Crippen LogP contribution in [0.25, 0.3) is 0 Å². The van der Waals surface area contributed by atoms with Crippen LogP contribution in [0.2, 0.25) is 0 Å². The lowest BCUT2D eigenvalue weighted by Crippen LogP contribution is -2.45. The Labute approximate surface area is 125 Å². The van der Waals surface area contributed by atoms with Gasteiger partial charge in [-0.2, -0.15) is 5.26 Å². The molecule has 2 aliphatic rings. The van der Waals surface area contributed by atoms with E-state index in [1.165, 1.54) is 6.07 Å². The van der Waals surface area contributed by atoms with E-state index in [1.54, 1.807) is 12.1 Å². The second-order valence-electron chi connectivity index (χ2n) is 6.67. The van der Waals surface area contributed by atoms with Crippen LogP contribution in [-0.2, 0) is 12.0 Å². The fourth-order valence-corrected chi connectivity index (χ4v) is 4.33. The highest BCUT2D eigenvalue weighted by Crippen LogP contribution is 2.56. The minimum absolute atomic E-state index is 0.251. The largest absolute Gasteiger partial charge is 0.383 e. The van der Waals surface area contributed by atoms with Gasteiger partial charge >= 0.3 is 0 Å². The monoisotopic (exact) mass is 287 g/mol. The Morgan fingerprint density at radius 1 is 1.33 bits per heavy atom. The quantitative estimate of drug-likeness (QED) is 0.891. The second kappa shape index (κ2) is 5.10. The molecular formula is C18H22FNO. The smallest absolute Gasteiger partial charge is 0.126 e. The molecular weight excluding hydrogens is 265 g/mol. The topological polar surface area (TPSA) is 44.0 Å². The fourth-order valence-electron chi connectivity index (χ4n) is 4.33. The Morgan fingerprint density at radius 2 is 2.05 bits per heavy atom. The van der Waals surface area contributed by atoms with Crippen molar-refractivity contribution in [1.29, 1.82) is 5.26 Å². The summed E-state index contributed by atoms with van der Waals surface area (Å²) in [7, 11) is 0. The van der Waals surface area contributed by atoms with Gasteiger partial charge in [0.25, 0.3) is 0 Å². The number of rotatable bonds is 2. The van der Waals surface area contributed by atoms with Crippen LogP contribution in [0.3, 0.4) is 0 Å². The lowest BCUT2D eigenvalue weighted by atomic mass is 9.60. The van der Waals surface area contributed by atoms with Crippen molar-refractivity contribution in [2.24, 2.45) is 11.3 Å². The number of nitrogens with zero attached hydrogens (tertiary/aromatic N) is 1. The van der Waals surface area contributed by atoms with Crippen molar-refractivity contribution < 1.29 is 9.50 Å². The van der Waals surface area contributed by atoms with Gasteiger partial charge in [0, 0.05) is 0 Å². The van der Waals surface area contributed by atoms with Crippen LogP contribution in [0.5, 0.6) is 0 Å². The van der Waals surface area contributed by atoms with E-state index in [0.29, 0.717) is 42.7 Å². The molecule has 1 fully saturated rings. The number of fused-ring (bicyclic) bond motifs is 1. The number of nitriles is 1. The van der Waals surface area contributed by atoms with E-state index >= 15 is 0 Å².